The third-order valence-electron chi connectivity index (χ3n) is 4.76. The molecule has 1 aromatic carbocycles. The Morgan fingerprint density at radius 1 is 1.35 bits per heavy atom. The van der Waals surface area contributed by atoms with E-state index >= 15 is 0 Å². The maximum atomic E-state index is 6.15. The molecule has 1 fully saturated rings. The molecule has 112 valence electrons. The molecule has 1 aliphatic rings. The molecular weight excluding hydrogens is 270 g/mol. The average molecular weight is 296 g/mol. The van der Waals surface area contributed by atoms with E-state index in [1.54, 1.807) is 7.11 Å². The van der Waals surface area contributed by atoms with Crippen LogP contribution in [0.2, 0.25) is 5.02 Å². The van der Waals surface area contributed by atoms with Crippen molar-refractivity contribution in [1.29, 1.82) is 0 Å². The van der Waals surface area contributed by atoms with Crippen LogP contribution < -0.4 is 10.1 Å². The Bertz CT molecular complexity index is 435. The minimum absolute atomic E-state index is 0.612. The van der Waals surface area contributed by atoms with Crippen molar-refractivity contribution in [3.8, 4) is 5.75 Å². The Hall–Kier alpha value is -0.730. The fourth-order valence-electron chi connectivity index (χ4n) is 3.53. The molecule has 20 heavy (non-hydrogen) atoms. The zero-order chi connectivity index (χ0) is 14.5. The van der Waals surface area contributed by atoms with Crippen LogP contribution in [0, 0.1) is 11.8 Å². The third-order valence-corrected chi connectivity index (χ3v) is 5.00. The molecule has 0 heterocycles. The summed E-state index contributed by atoms with van der Waals surface area (Å²) in [6.07, 6.45) is 6.27. The van der Waals surface area contributed by atoms with Crippen LogP contribution in [-0.2, 0) is 6.42 Å². The first kappa shape index (κ1) is 15.7. The lowest BCUT2D eigenvalue weighted by Crippen LogP contribution is -2.39. The maximum Gasteiger partial charge on any atom is 0.122 e. The molecule has 1 saturated carbocycles. The number of methoxy groups -OCH3 is 1. The summed E-state index contributed by atoms with van der Waals surface area (Å²) in [6.45, 7) is 2.31. The van der Waals surface area contributed by atoms with E-state index in [2.05, 4.69) is 25.4 Å². The van der Waals surface area contributed by atoms with Gasteiger partial charge in [-0.2, -0.15) is 0 Å². The molecule has 0 spiro atoms. The number of hydrogen-bond acceptors (Lipinski definition) is 2. The number of nitrogens with one attached hydrogen (secondary N) is 1. The predicted octanol–water partition coefficient (Wildman–Crippen LogP) is 4.31. The van der Waals surface area contributed by atoms with Crippen LogP contribution in [0.1, 0.15) is 38.2 Å². The van der Waals surface area contributed by atoms with Crippen molar-refractivity contribution in [2.24, 2.45) is 11.8 Å². The van der Waals surface area contributed by atoms with Crippen molar-refractivity contribution in [3.05, 3.63) is 28.8 Å². The van der Waals surface area contributed by atoms with Gasteiger partial charge in [0.05, 0.1) is 7.11 Å². The molecule has 1 aliphatic carbocycles. The lowest BCUT2D eigenvalue weighted by Gasteiger charge is -2.36. The smallest absolute Gasteiger partial charge is 0.122 e. The van der Waals surface area contributed by atoms with Crippen LogP contribution in [0.15, 0.2) is 18.2 Å². The van der Waals surface area contributed by atoms with E-state index in [1.807, 2.05) is 12.1 Å². The van der Waals surface area contributed by atoms with Gasteiger partial charge in [0.15, 0.2) is 0 Å². The van der Waals surface area contributed by atoms with Gasteiger partial charge in [-0.15, -0.1) is 0 Å². The van der Waals surface area contributed by atoms with Crippen molar-refractivity contribution in [2.45, 2.75) is 45.1 Å². The van der Waals surface area contributed by atoms with E-state index < -0.39 is 0 Å². The molecule has 0 bridgehead atoms. The lowest BCUT2D eigenvalue weighted by atomic mass is 9.74. The van der Waals surface area contributed by atoms with Crippen LogP contribution >= 0.6 is 11.6 Å². The molecule has 0 amide bonds. The van der Waals surface area contributed by atoms with E-state index in [-0.39, 0.29) is 0 Å². The fraction of sp³-hybridized carbons (Fsp3) is 0.647. The number of rotatable bonds is 5. The van der Waals surface area contributed by atoms with Crippen LogP contribution in [0.25, 0.3) is 0 Å². The molecule has 0 aromatic heterocycles. The minimum Gasteiger partial charge on any atom is -0.496 e. The van der Waals surface area contributed by atoms with E-state index in [9.17, 15) is 0 Å². The largest absolute Gasteiger partial charge is 0.496 e. The topological polar surface area (TPSA) is 21.3 Å². The third kappa shape index (κ3) is 3.67. The highest BCUT2D eigenvalue weighted by Gasteiger charge is 2.29. The van der Waals surface area contributed by atoms with E-state index in [1.165, 1.54) is 31.2 Å². The Morgan fingerprint density at radius 3 is 2.80 bits per heavy atom. The molecular formula is C17H26ClNO. The Kier molecular flexibility index (Phi) is 5.74. The number of ether oxygens (including phenoxy) is 1. The van der Waals surface area contributed by atoms with Crippen molar-refractivity contribution >= 4 is 11.6 Å². The number of halogens is 1. The summed E-state index contributed by atoms with van der Waals surface area (Å²) in [5.74, 6) is 2.50. The Labute approximate surface area is 127 Å². The van der Waals surface area contributed by atoms with E-state index in [4.69, 9.17) is 16.3 Å². The first-order valence-corrected chi connectivity index (χ1v) is 8.05. The maximum absolute atomic E-state index is 6.15. The van der Waals surface area contributed by atoms with Gasteiger partial charge in [0.2, 0.25) is 0 Å². The normalized spacial score (nSPS) is 26.5. The monoisotopic (exact) mass is 295 g/mol. The molecule has 1 aromatic rings. The zero-order valence-corrected chi connectivity index (χ0v) is 13.5. The quantitative estimate of drug-likeness (QED) is 0.874. The molecule has 0 radical (unpaired) electrons. The summed E-state index contributed by atoms with van der Waals surface area (Å²) in [4.78, 5) is 0. The summed E-state index contributed by atoms with van der Waals surface area (Å²) >= 11 is 6.15. The second kappa shape index (κ2) is 7.33. The summed E-state index contributed by atoms with van der Waals surface area (Å²) in [7, 11) is 3.82. The first-order chi connectivity index (χ1) is 9.67. The van der Waals surface area contributed by atoms with Gasteiger partial charge in [-0.3, -0.25) is 0 Å². The lowest BCUT2D eigenvalue weighted by molar-refractivity contribution is 0.204. The van der Waals surface area contributed by atoms with Crippen molar-refractivity contribution < 1.29 is 4.74 Å². The van der Waals surface area contributed by atoms with Gasteiger partial charge in [-0.05, 0) is 68.3 Å². The number of benzene rings is 1. The van der Waals surface area contributed by atoms with Gasteiger partial charge in [-0.1, -0.05) is 24.9 Å². The SMILES string of the molecule is CCC1CCC(NC)C(Cc2cc(Cl)ccc2OC)C1. The van der Waals surface area contributed by atoms with Crippen LogP contribution in [-0.4, -0.2) is 20.2 Å². The fourth-order valence-corrected chi connectivity index (χ4v) is 3.72. The number of hydrogen-bond donors (Lipinski definition) is 1. The predicted molar refractivity (Wildman–Crippen MR) is 85.7 cm³/mol. The van der Waals surface area contributed by atoms with Crippen molar-refractivity contribution in [3.63, 3.8) is 0 Å². The van der Waals surface area contributed by atoms with Gasteiger partial charge < -0.3 is 10.1 Å². The molecule has 3 atom stereocenters. The highest BCUT2D eigenvalue weighted by Crippen LogP contribution is 2.35. The van der Waals surface area contributed by atoms with Crippen LogP contribution in [0.5, 0.6) is 5.75 Å². The van der Waals surface area contributed by atoms with Crippen LogP contribution in [0.4, 0.5) is 0 Å². The molecule has 2 nitrogen and oxygen atoms in total. The van der Waals surface area contributed by atoms with Crippen molar-refractivity contribution in [1.82, 2.24) is 5.32 Å². The standard InChI is InChI=1S/C17H26ClNO/c1-4-12-5-7-16(19-2)13(9-12)10-14-11-15(18)6-8-17(14)20-3/h6,8,11-13,16,19H,4-5,7,9-10H2,1-3H3. The molecule has 0 saturated heterocycles. The summed E-state index contributed by atoms with van der Waals surface area (Å²) in [6, 6.07) is 6.55. The summed E-state index contributed by atoms with van der Waals surface area (Å²) in [5, 5.41) is 4.29. The van der Waals surface area contributed by atoms with E-state index in [0.717, 1.165) is 23.1 Å². The van der Waals surface area contributed by atoms with Gasteiger partial charge in [-0.25, -0.2) is 0 Å². The van der Waals surface area contributed by atoms with Gasteiger partial charge in [0, 0.05) is 11.1 Å². The molecule has 1 N–H and O–H groups in total. The second-order valence-corrected chi connectivity index (χ2v) is 6.34. The van der Waals surface area contributed by atoms with Crippen LogP contribution in [0.3, 0.4) is 0 Å². The highest BCUT2D eigenvalue weighted by atomic mass is 35.5. The highest BCUT2D eigenvalue weighted by molar-refractivity contribution is 6.30. The molecule has 3 unspecified atom stereocenters. The first-order valence-electron chi connectivity index (χ1n) is 7.67. The Balaban J connectivity index is 2.15. The molecule has 0 aliphatic heterocycles. The second-order valence-electron chi connectivity index (χ2n) is 5.90. The van der Waals surface area contributed by atoms with Gasteiger partial charge >= 0.3 is 0 Å². The average Bonchev–Trinajstić information content (AvgIpc) is 2.47. The minimum atomic E-state index is 0.612. The molecule has 2 rings (SSSR count). The summed E-state index contributed by atoms with van der Waals surface area (Å²) < 4.78 is 5.48. The van der Waals surface area contributed by atoms with Gasteiger partial charge in [0.1, 0.15) is 5.75 Å². The molecule has 3 heteroatoms. The van der Waals surface area contributed by atoms with Crippen molar-refractivity contribution in [2.75, 3.05) is 14.2 Å². The summed E-state index contributed by atoms with van der Waals surface area (Å²) in [5.41, 5.74) is 1.24. The van der Waals surface area contributed by atoms with Gasteiger partial charge in [0.25, 0.3) is 0 Å². The van der Waals surface area contributed by atoms with E-state index in [0.29, 0.717) is 12.0 Å². The zero-order valence-electron chi connectivity index (χ0n) is 12.8. The Morgan fingerprint density at radius 2 is 2.15 bits per heavy atom.